The molecule has 120 valence electrons. The number of para-hydroxylation sites is 1. The third-order valence-corrected chi connectivity index (χ3v) is 4.92. The SMILES string of the molecule is CC1(C(=O)Nc2nc3ccccc3s2)CC(c2ccccc2)=NO1. The van der Waals surface area contributed by atoms with E-state index in [2.05, 4.69) is 15.5 Å². The van der Waals surface area contributed by atoms with Crippen molar-refractivity contribution in [1.82, 2.24) is 4.98 Å². The maximum atomic E-state index is 12.6. The number of fused-ring (bicyclic) bond motifs is 1. The molecule has 0 spiro atoms. The molecule has 3 aromatic rings. The van der Waals surface area contributed by atoms with Gasteiger partial charge in [0.25, 0.3) is 5.91 Å². The highest BCUT2D eigenvalue weighted by atomic mass is 32.1. The molecule has 0 fully saturated rings. The average Bonchev–Trinajstić information content (AvgIpc) is 3.19. The summed E-state index contributed by atoms with van der Waals surface area (Å²) < 4.78 is 1.03. The van der Waals surface area contributed by atoms with Crippen molar-refractivity contribution >= 4 is 38.3 Å². The van der Waals surface area contributed by atoms with Gasteiger partial charge in [0.05, 0.1) is 15.9 Å². The molecule has 1 aliphatic heterocycles. The molecule has 1 amide bonds. The fourth-order valence-corrected chi connectivity index (χ4v) is 3.46. The minimum Gasteiger partial charge on any atom is -0.379 e. The van der Waals surface area contributed by atoms with E-state index in [1.807, 2.05) is 54.6 Å². The van der Waals surface area contributed by atoms with Gasteiger partial charge < -0.3 is 4.84 Å². The average molecular weight is 337 g/mol. The van der Waals surface area contributed by atoms with Crippen molar-refractivity contribution in [3.63, 3.8) is 0 Å². The summed E-state index contributed by atoms with van der Waals surface area (Å²) in [5.74, 6) is -0.240. The topological polar surface area (TPSA) is 63.6 Å². The van der Waals surface area contributed by atoms with Crippen LogP contribution in [0.3, 0.4) is 0 Å². The van der Waals surface area contributed by atoms with Gasteiger partial charge in [0, 0.05) is 6.42 Å². The summed E-state index contributed by atoms with van der Waals surface area (Å²) in [4.78, 5) is 22.5. The van der Waals surface area contributed by atoms with Gasteiger partial charge in [-0.1, -0.05) is 59.0 Å². The lowest BCUT2D eigenvalue weighted by Crippen LogP contribution is -2.40. The van der Waals surface area contributed by atoms with Crippen LogP contribution < -0.4 is 5.32 Å². The van der Waals surface area contributed by atoms with Gasteiger partial charge in [0.2, 0.25) is 5.60 Å². The molecule has 1 aliphatic rings. The van der Waals surface area contributed by atoms with Crippen LogP contribution in [0.25, 0.3) is 10.2 Å². The lowest BCUT2D eigenvalue weighted by Gasteiger charge is -2.19. The van der Waals surface area contributed by atoms with Crippen LogP contribution in [0.2, 0.25) is 0 Å². The van der Waals surface area contributed by atoms with Gasteiger partial charge in [-0.3, -0.25) is 10.1 Å². The Labute approximate surface area is 143 Å². The molecule has 1 aromatic heterocycles. The number of anilines is 1. The highest BCUT2D eigenvalue weighted by Crippen LogP contribution is 2.30. The molecular weight excluding hydrogens is 322 g/mol. The van der Waals surface area contributed by atoms with Gasteiger partial charge in [0.15, 0.2) is 5.13 Å². The predicted octanol–water partition coefficient (Wildman–Crippen LogP) is 3.82. The van der Waals surface area contributed by atoms with Crippen molar-refractivity contribution in [2.45, 2.75) is 18.9 Å². The summed E-state index contributed by atoms with van der Waals surface area (Å²) in [6, 6.07) is 17.5. The Morgan fingerprint density at radius 3 is 2.71 bits per heavy atom. The number of oxime groups is 1. The fourth-order valence-electron chi connectivity index (χ4n) is 2.60. The van der Waals surface area contributed by atoms with Crippen molar-refractivity contribution in [3.05, 3.63) is 60.2 Å². The first-order valence-corrected chi connectivity index (χ1v) is 8.43. The van der Waals surface area contributed by atoms with E-state index >= 15 is 0 Å². The Hall–Kier alpha value is -2.73. The van der Waals surface area contributed by atoms with Gasteiger partial charge >= 0.3 is 0 Å². The normalized spacial score (nSPS) is 19.8. The molecule has 1 N–H and O–H groups in total. The summed E-state index contributed by atoms with van der Waals surface area (Å²) in [6.07, 6.45) is 0.424. The van der Waals surface area contributed by atoms with E-state index in [1.165, 1.54) is 11.3 Å². The molecule has 6 heteroatoms. The lowest BCUT2D eigenvalue weighted by atomic mass is 9.95. The number of rotatable bonds is 3. The summed E-state index contributed by atoms with van der Waals surface area (Å²) in [7, 11) is 0. The fraction of sp³-hybridized carbons (Fsp3) is 0.167. The van der Waals surface area contributed by atoms with E-state index in [0.717, 1.165) is 21.5 Å². The van der Waals surface area contributed by atoms with E-state index in [4.69, 9.17) is 4.84 Å². The summed E-state index contributed by atoms with van der Waals surface area (Å²) in [6.45, 7) is 1.75. The number of aromatic nitrogens is 1. The largest absolute Gasteiger partial charge is 0.379 e. The molecule has 0 saturated heterocycles. The highest BCUT2D eigenvalue weighted by Gasteiger charge is 2.42. The number of nitrogens with one attached hydrogen (secondary N) is 1. The molecule has 5 nitrogen and oxygen atoms in total. The molecule has 0 bridgehead atoms. The third kappa shape index (κ3) is 2.65. The van der Waals surface area contributed by atoms with Crippen LogP contribution in [-0.2, 0) is 9.63 Å². The minimum absolute atomic E-state index is 0.240. The molecule has 0 aliphatic carbocycles. The van der Waals surface area contributed by atoms with Crippen LogP contribution >= 0.6 is 11.3 Å². The molecule has 0 saturated carbocycles. The smallest absolute Gasteiger partial charge is 0.273 e. The van der Waals surface area contributed by atoms with Gasteiger partial charge in [0.1, 0.15) is 0 Å². The second kappa shape index (κ2) is 5.72. The number of thiazole rings is 1. The molecule has 1 unspecified atom stereocenters. The Kier molecular flexibility index (Phi) is 3.54. The Morgan fingerprint density at radius 1 is 1.17 bits per heavy atom. The first-order valence-electron chi connectivity index (χ1n) is 7.62. The zero-order valence-corrected chi connectivity index (χ0v) is 13.8. The van der Waals surface area contributed by atoms with Gasteiger partial charge in [-0.25, -0.2) is 4.98 Å². The van der Waals surface area contributed by atoms with Crippen molar-refractivity contribution in [2.24, 2.45) is 5.16 Å². The molecule has 1 atom stereocenters. The predicted molar refractivity (Wildman–Crippen MR) is 95.3 cm³/mol. The number of hydrogen-bond acceptors (Lipinski definition) is 5. The number of nitrogens with zero attached hydrogens (tertiary/aromatic N) is 2. The molecule has 2 aromatic carbocycles. The van der Waals surface area contributed by atoms with Crippen molar-refractivity contribution in [3.8, 4) is 0 Å². The summed E-state index contributed by atoms with van der Waals surface area (Å²) in [5, 5.41) is 7.53. The zero-order valence-electron chi connectivity index (χ0n) is 13.0. The number of amides is 1. The lowest BCUT2D eigenvalue weighted by molar-refractivity contribution is -0.135. The second-order valence-corrected chi connectivity index (χ2v) is 6.87. The first-order chi connectivity index (χ1) is 11.6. The molecule has 2 heterocycles. The van der Waals surface area contributed by atoms with Crippen LogP contribution in [-0.4, -0.2) is 22.2 Å². The molecular formula is C18H15N3O2S. The minimum atomic E-state index is -1.02. The Bertz CT molecular complexity index is 903. The monoisotopic (exact) mass is 337 g/mol. The number of carbonyl (C=O) groups is 1. The molecule has 24 heavy (non-hydrogen) atoms. The number of benzene rings is 2. The van der Waals surface area contributed by atoms with Crippen LogP contribution in [0.15, 0.2) is 59.8 Å². The summed E-state index contributed by atoms with van der Waals surface area (Å²) >= 11 is 1.44. The van der Waals surface area contributed by atoms with Gasteiger partial charge in [-0.2, -0.15) is 0 Å². The molecule has 0 radical (unpaired) electrons. The maximum Gasteiger partial charge on any atom is 0.273 e. The van der Waals surface area contributed by atoms with Crippen molar-refractivity contribution < 1.29 is 9.63 Å². The Balaban J connectivity index is 1.50. The van der Waals surface area contributed by atoms with E-state index < -0.39 is 5.60 Å². The van der Waals surface area contributed by atoms with E-state index in [0.29, 0.717) is 11.6 Å². The van der Waals surface area contributed by atoms with Crippen LogP contribution in [0.1, 0.15) is 18.9 Å². The molecule has 4 rings (SSSR count). The van der Waals surface area contributed by atoms with E-state index in [1.54, 1.807) is 6.92 Å². The van der Waals surface area contributed by atoms with Crippen LogP contribution in [0.5, 0.6) is 0 Å². The number of carbonyl (C=O) groups excluding carboxylic acids is 1. The summed E-state index contributed by atoms with van der Waals surface area (Å²) in [5.41, 5.74) is 1.59. The third-order valence-electron chi connectivity index (χ3n) is 3.96. The second-order valence-electron chi connectivity index (χ2n) is 5.84. The standard InChI is InChI=1S/C18H15N3O2S/c1-18(11-14(21-23-18)12-7-3-2-4-8-12)16(22)20-17-19-13-9-5-6-10-15(13)24-17/h2-10H,11H2,1H3,(H,19,20,22). The maximum absolute atomic E-state index is 12.6. The van der Waals surface area contributed by atoms with Gasteiger partial charge in [-0.05, 0) is 24.6 Å². The zero-order chi connectivity index (χ0) is 16.6. The van der Waals surface area contributed by atoms with Gasteiger partial charge in [-0.15, -0.1) is 0 Å². The van der Waals surface area contributed by atoms with Crippen molar-refractivity contribution in [2.75, 3.05) is 5.32 Å². The highest BCUT2D eigenvalue weighted by molar-refractivity contribution is 7.22. The number of hydrogen-bond donors (Lipinski definition) is 1. The van der Waals surface area contributed by atoms with Crippen molar-refractivity contribution in [1.29, 1.82) is 0 Å². The van der Waals surface area contributed by atoms with E-state index in [-0.39, 0.29) is 5.91 Å². The van der Waals surface area contributed by atoms with E-state index in [9.17, 15) is 4.79 Å². The Morgan fingerprint density at radius 2 is 1.92 bits per heavy atom. The van der Waals surface area contributed by atoms with Crippen LogP contribution in [0.4, 0.5) is 5.13 Å². The quantitative estimate of drug-likeness (QED) is 0.790. The van der Waals surface area contributed by atoms with Crippen LogP contribution in [0, 0.1) is 0 Å². The first kappa shape index (κ1) is 14.8.